The number of carbonyl (C=O) groups excluding carboxylic acids is 1. The summed E-state index contributed by atoms with van der Waals surface area (Å²) in [7, 11) is 1.86. The van der Waals surface area contributed by atoms with E-state index >= 15 is 0 Å². The Bertz CT molecular complexity index is 533. The molecule has 2 spiro atoms. The van der Waals surface area contributed by atoms with Crippen LogP contribution in [0.2, 0.25) is 0 Å². The van der Waals surface area contributed by atoms with Gasteiger partial charge >= 0.3 is 0 Å². The average molecular weight is 243 g/mol. The summed E-state index contributed by atoms with van der Waals surface area (Å²) in [5, 5.41) is 0. The van der Waals surface area contributed by atoms with E-state index in [0.29, 0.717) is 0 Å². The van der Waals surface area contributed by atoms with Gasteiger partial charge in [-0.05, 0) is 18.9 Å². The molecular weight excluding hydrogens is 226 g/mol. The van der Waals surface area contributed by atoms with E-state index in [1.54, 1.807) is 4.90 Å². The van der Waals surface area contributed by atoms with Crippen LogP contribution in [-0.4, -0.2) is 18.6 Å². The number of amides is 1. The van der Waals surface area contributed by atoms with Gasteiger partial charge in [-0.1, -0.05) is 37.5 Å². The molecule has 0 bridgehead atoms. The van der Waals surface area contributed by atoms with Crippen molar-refractivity contribution in [3.05, 3.63) is 29.8 Å². The minimum absolute atomic E-state index is 0.130. The Morgan fingerprint density at radius 1 is 1.17 bits per heavy atom. The van der Waals surface area contributed by atoms with E-state index in [2.05, 4.69) is 6.07 Å². The maximum Gasteiger partial charge on any atom is 0.266 e. The molecule has 3 heteroatoms. The lowest BCUT2D eigenvalue weighted by molar-refractivity contribution is -0.122. The number of anilines is 1. The topological polar surface area (TPSA) is 32.8 Å². The third kappa shape index (κ3) is 0.985. The molecule has 1 saturated carbocycles. The lowest BCUT2D eigenvalue weighted by Gasteiger charge is -2.20. The summed E-state index contributed by atoms with van der Waals surface area (Å²) >= 11 is 0. The van der Waals surface area contributed by atoms with Crippen LogP contribution in [0.1, 0.15) is 37.7 Å². The van der Waals surface area contributed by atoms with Gasteiger partial charge in [0.15, 0.2) is 0 Å². The van der Waals surface area contributed by atoms with Crippen molar-refractivity contribution < 1.29 is 9.53 Å². The molecule has 1 aliphatic carbocycles. The van der Waals surface area contributed by atoms with Crippen molar-refractivity contribution >= 4 is 11.6 Å². The minimum Gasteiger partial charge on any atom is -0.347 e. The van der Waals surface area contributed by atoms with Gasteiger partial charge in [0.25, 0.3) is 5.91 Å². The summed E-state index contributed by atoms with van der Waals surface area (Å²) in [6.07, 6.45) is 5.69. The van der Waals surface area contributed by atoms with Crippen LogP contribution in [0.15, 0.2) is 24.3 Å². The highest BCUT2D eigenvalue weighted by atomic mass is 16.6. The van der Waals surface area contributed by atoms with E-state index in [4.69, 9.17) is 4.74 Å². The molecule has 1 saturated heterocycles. The number of fused-ring (bicyclic) bond motifs is 3. The van der Waals surface area contributed by atoms with E-state index in [1.807, 2.05) is 25.2 Å². The molecule has 4 rings (SSSR count). The summed E-state index contributed by atoms with van der Waals surface area (Å²) < 4.78 is 6.11. The largest absolute Gasteiger partial charge is 0.347 e. The number of para-hydroxylation sites is 1. The van der Waals surface area contributed by atoms with E-state index < -0.39 is 5.60 Å². The first-order valence-corrected chi connectivity index (χ1v) is 6.79. The van der Waals surface area contributed by atoms with Gasteiger partial charge in [0, 0.05) is 12.6 Å². The molecule has 3 aliphatic rings. The van der Waals surface area contributed by atoms with Crippen molar-refractivity contribution in [3.8, 4) is 0 Å². The summed E-state index contributed by atoms with van der Waals surface area (Å²) in [6.45, 7) is 0. The van der Waals surface area contributed by atoms with Crippen molar-refractivity contribution in [1.29, 1.82) is 0 Å². The molecule has 2 heterocycles. The van der Waals surface area contributed by atoms with Gasteiger partial charge < -0.3 is 9.64 Å². The molecule has 1 unspecified atom stereocenters. The van der Waals surface area contributed by atoms with E-state index in [-0.39, 0.29) is 11.5 Å². The number of nitrogens with zero attached hydrogens (tertiary/aromatic N) is 1. The zero-order chi connectivity index (χ0) is 12.4. The minimum atomic E-state index is -0.640. The average Bonchev–Trinajstić information content (AvgIpc) is 3.00. The number of rotatable bonds is 0. The van der Waals surface area contributed by atoms with Gasteiger partial charge in [0.2, 0.25) is 5.60 Å². The maximum absolute atomic E-state index is 12.6. The molecule has 18 heavy (non-hydrogen) atoms. The van der Waals surface area contributed by atoms with Gasteiger partial charge in [-0.2, -0.15) is 0 Å². The van der Waals surface area contributed by atoms with Crippen molar-refractivity contribution in [2.24, 2.45) is 0 Å². The Balaban J connectivity index is 1.86. The summed E-state index contributed by atoms with van der Waals surface area (Å²) in [6, 6.07) is 8.06. The van der Waals surface area contributed by atoms with Crippen molar-refractivity contribution in [1.82, 2.24) is 0 Å². The molecule has 0 N–H and O–H groups in total. The first-order chi connectivity index (χ1) is 8.71. The van der Waals surface area contributed by atoms with Crippen LogP contribution in [0.3, 0.4) is 0 Å². The fourth-order valence-corrected chi connectivity index (χ4v) is 3.91. The first-order valence-electron chi connectivity index (χ1n) is 6.79. The molecule has 1 amide bonds. The van der Waals surface area contributed by atoms with Gasteiger partial charge in [-0.25, -0.2) is 0 Å². The van der Waals surface area contributed by atoms with Gasteiger partial charge in [-0.15, -0.1) is 0 Å². The normalized spacial score (nSPS) is 32.1. The number of epoxide rings is 1. The first kappa shape index (κ1) is 10.6. The predicted molar refractivity (Wildman–Crippen MR) is 68.4 cm³/mol. The number of hydrogen-bond donors (Lipinski definition) is 0. The van der Waals surface area contributed by atoms with Crippen LogP contribution < -0.4 is 4.90 Å². The fourth-order valence-electron chi connectivity index (χ4n) is 3.91. The van der Waals surface area contributed by atoms with E-state index in [9.17, 15) is 4.79 Å². The molecule has 2 fully saturated rings. The van der Waals surface area contributed by atoms with Gasteiger partial charge in [0.1, 0.15) is 5.60 Å². The summed E-state index contributed by atoms with van der Waals surface area (Å²) in [5.74, 6) is 0.130. The van der Waals surface area contributed by atoms with Crippen LogP contribution in [0.4, 0.5) is 5.69 Å². The third-order valence-corrected chi connectivity index (χ3v) is 4.86. The van der Waals surface area contributed by atoms with Crippen LogP contribution in [-0.2, 0) is 15.1 Å². The fraction of sp³-hybridized carbons (Fsp3) is 0.533. The Labute approximate surface area is 107 Å². The van der Waals surface area contributed by atoms with Crippen LogP contribution in [0, 0.1) is 0 Å². The highest BCUT2D eigenvalue weighted by Crippen LogP contribution is 2.67. The predicted octanol–water partition coefficient (Wildman–Crippen LogP) is 2.59. The van der Waals surface area contributed by atoms with Crippen LogP contribution in [0.25, 0.3) is 0 Å². The molecule has 1 aromatic rings. The van der Waals surface area contributed by atoms with Crippen molar-refractivity contribution in [2.45, 2.75) is 43.3 Å². The molecule has 1 aromatic carbocycles. The summed E-state index contributed by atoms with van der Waals surface area (Å²) in [5.41, 5.74) is 1.27. The molecule has 1 atom stereocenters. The molecule has 3 nitrogen and oxygen atoms in total. The second kappa shape index (κ2) is 3.15. The Morgan fingerprint density at radius 3 is 2.67 bits per heavy atom. The highest BCUT2D eigenvalue weighted by molar-refractivity contribution is 6.09. The van der Waals surface area contributed by atoms with E-state index in [1.165, 1.54) is 19.3 Å². The zero-order valence-electron chi connectivity index (χ0n) is 10.6. The van der Waals surface area contributed by atoms with Gasteiger partial charge in [-0.3, -0.25) is 4.79 Å². The maximum atomic E-state index is 12.6. The monoisotopic (exact) mass is 243 g/mol. The number of ether oxygens (including phenoxy) is 1. The number of likely N-dealkylation sites (N-methyl/N-ethyl adjacent to an activating group) is 1. The second-order valence-corrected chi connectivity index (χ2v) is 5.72. The Hall–Kier alpha value is -1.35. The van der Waals surface area contributed by atoms with Crippen molar-refractivity contribution in [3.63, 3.8) is 0 Å². The van der Waals surface area contributed by atoms with E-state index in [0.717, 1.165) is 24.1 Å². The van der Waals surface area contributed by atoms with Crippen LogP contribution in [0.5, 0.6) is 0 Å². The quantitative estimate of drug-likeness (QED) is 0.656. The molecule has 0 radical (unpaired) electrons. The molecular formula is C15H17NO2. The standard InChI is InChI=1S/C15H17NO2/c1-16-12-8-4-3-7-11(12)15(13(16)17)14(18-15)9-5-2-6-10-14/h3-4,7-8H,2,5-6,9-10H2,1H3. The van der Waals surface area contributed by atoms with Crippen LogP contribution >= 0.6 is 0 Å². The summed E-state index contributed by atoms with van der Waals surface area (Å²) in [4.78, 5) is 14.4. The molecule has 2 aliphatic heterocycles. The SMILES string of the molecule is CN1C(=O)C2(OC23CCCCC3)c2ccccc21. The highest BCUT2D eigenvalue weighted by Gasteiger charge is 2.78. The van der Waals surface area contributed by atoms with Gasteiger partial charge in [0.05, 0.1) is 5.69 Å². The number of hydrogen-bond acceptors (Lipinski definition) is 2. The number of benzene rings is 1. The van der Waals surface area contributed by atoms with Crippen molar-refractivity contribution in [2.75, 3.05) is 11.9 Å². The second-order valence-electron chi connectivity index (χ2n) is 5.72. The lowest BCUT2D eigenvalue weighted by atomic mass is 9.77. The lowest BCUT2D eigenvalue weighted by Crippen LogP contribution is -2.36. The Morgan fingerprint density at radius 2 is 1.89 bits per heavy atom. The number of carbonyl (C=O) groups is 1. The third-order valence-electron chi connectivity index (χ3n) is 4.86. The smallest absolute Gasteiger partial charge is 0.266 e. The zero-order valence-corrected chi connectivity index (χ0v) is 10.6. The molecule has 94 valence electrons. The molecule has 0 aromatic heterocycles. The Kier molecular flexibility index (Phi) is 1.85.